The minimum absolute atomic E-state index is 0. The second kappa shape index (κ2) is 16.5. The Balaban J connectivity index is 0.00000247. The standard InChI is InChI=1S/C61H32N10.2Pt/c1-5-17-49-39(13-1)45-31-47-41-15-3-7-19-51(41)69(59-21-9-11-27-63-59)57(47)33-55(45)67(49)37-23-25-43-44-26-24-38(30-54(44)71(53(43)29-37)61-65-35-62-36-66-61)68-50-18-6-2-14-40(50)46-32-48-42-16-4-8-20-52(42)70(58(48)34-56(46)68)60-22-10-12-28-64-60;;/h1-28,31-32,35-36H;;/q-4;2*+2. The number of fused-ring (bicyclic) bond motifs is 15. The first-order valence-electron chi connectivity index (χ1n) is 23.4. The maximum Gasteiger partial charge on any atom is 2.00 e. The van der Waals surface area contributed by atoms with Crippen LogP contribution >= 0.6 is 0 Å². The first-order valence-corrected chi connectivity index (χ1v) is 23.4. The third kappa shape index (κ3) is 6.14. The number of aromatic nitrogens is 10. The van der Waals surface area contributed by atoms with E-state index < -0.39 is 0 Å². The van der Waals surface area contributed by atoms with Crippen molar-refractivity contribution in [2.75, 3.05) is 0 Å². The first kappa shape index (κ1) is 43.3. The van der Waals surface area contributed by atoms with E-state index in [9.17, 15) is 0 Å². The van der Waals surface area contributed by atoms with Gasteiger partial charge in [-0.3, -0.25) is 0 Å². The van der Waals surface area contributed by atoms with Crippen LogP contribution in [0.4, 0.5) is 0 Å². The van der Waals surface area contributed by atoms with Crippen molar-refractivity contribution in [1.82, 2.24) is 47.8 Å². The summed E-state index contributed by atoms with van der Waals surface area (Å²) in [4.78, 5) is 23.3. The van der Waals surface area contributed by atoms with Crippen LogP contribution in [-0.2, 0) is 42.1 Å². The molecule has 0 bridgehead atoms. The molecule has 0 radical (unpaired) electrons. The minimum atomic E-state index is 0. The van der Waals surface area contributed by atoms with Gasteiger partial charge in [0.05, 0.1) is 0 Å². The van der Waals surface area contributed by atoms with Gasteiger partial charge in [-0.1, -0.05) is 129 Å². The summed E-state index contributed by atoms with van der Waals surface area (Å²) in [5.74, 6) is 2.14. The van der Waals surface area contributed by atoms with E-state index in [0.717, 1.165) is 132 Å². The van der Waals surface area contributed by atoms with Crippen LogP contribution in [0.1, 0.15) is 0 Å². The molecule has 8 aromatic carbocycles. The number of nitrogens with zero attached hydrogens (tertiary/aromatic N) is 10. The van der Waals surface area contributed by atoms with Gasteiger partial charge in [0.15, 0.2) is 0 Å². The van der Waals surface area contributed by atoms with Crippen molar-refractivity contribution in [3.8, 4) is 29.0 Å². The Morgan fingerprint density at radius 3 is 1.04 bits per heavy atom. The summed E-state index contributed by atoms with van der Waals surface area (Å²) in [6.07, 6.45) is 6.75. The molecule has 0 aliphatic rings. The van der Waals surface area contributed by atoms with E-state index in [-0.39, 0.29) is 42.1 Å². The topological polar surface area (TPSA) is 89.1 Å². The Hall–Kier alpha value is -8.55. The van der Waals surface area contributed by atoms with Crippen LogP contribution in [0.5, 0.6) is 0 Å². The average Bonchev–Trinajstić information content (AvgIpc) is 4.22. The van der Waals surface area contributed by atoms with Gasteiger partial charge < -0.3 is 22.8 Å². The Kier molecular flexibility index (Phi) is 9.78. The van der Waals surface area contributed by atoms with E-state index in [4.69, 9.17) is 19.9 Å². The molecule has 0 atom stereocenters. The molecular formula is C61H32N10Pt2. The summed E-state index contributed by atoms with van der Waals surface area (Å²) in [7, 11) is 0. The van der Waals surface area contributed by atoms with Gasteiger partial charge in [-0.15, -0.1) is 57.9 Å². The van der Waals surface area contributed by atoms with Gasteiger partial charge >= 0.3 is 42.1 Å². The molecule has 0 spiro atoms. The first-order chi connectivity index (χ1) is 35.2. The maximum atomic E-state index is 4.81. The number of rotatable bonds is 5. The fourth-order valence-corrected chi connectivity index (χ4v) is 11.2. The zero-order valence-electron chi connectivity index (χ0n) is 38.1. The largest absolute Gasteiger partial charge is 2.00 e. The van der Waals surface area contributed by atoms with Crippen molar-refractivity contribution < 1.29 is 42.1 Å². The van der Waals surface area contributed by atoms with E-state index in [2.05, 4.69) is 186 Å². The van der Waals surface area contributed by atoms with E-state index in [1.807, 2.05) is 48.8 Å². The van der Waals surface area contributed by atoms with Crippen molar-refractivity contribution >= 4 is 109 Å². The Labute approximate surface area is 444 Å². The quantitative estimate of drug-likeness (QED) is 0.160. The summed E-state index contributed by atoms with van der Waals surface area (Å²) >= 11 is 0. The molecule has 12 heteroatoms. The smallest absolute Gasteiger partial charge is 0.358 e. The van der Waals surface area contributed by atoms with Gasteiger partial charge in [0.25, 0.3) is 0 Å². The van der Waals surface area contributed by atoms with Gasteiger partial charge in [-0.05, 0) is 70.1 Å². The molecule has 0 aliphatic carbocycles. The third-order valence-corrected chi connectivity index (χ3v) is 14.2. The van der Waals surface area contributed by atoms with E-state index in [1.165, 1.54) is 12.7 Å². The van der Waals surface area contributed by atoms with Crippen molar-refractivity contribution in [2.45, 2.75) is 0 Å². The van der Waals surface area contributed by atoms with Crippen molar-refractivity contribution in [3.05, 3.63) is 219 Å². The zero-order chi connectivity index (χ0) is 46.3. The van der Waals surface area contributed by atoms with Gasteiger partial charge in [0, 0.05) is 34.5 Å². The molecule has 10 nitrogen and oxygen atoms in total. The predicted octanol–water partition coefficient (Wildman–Crippen LogP) is 13.3. The van der Waals surface area contributed by atoms with E-state index in [1.54, 1.807) is 0 Å². The van der Waals surface area contributed by atoms with Crippen LogP contribution in [0.15, 0.2) is 195 Å². The van der Waals surface area contributed by atoms with Crippen molar-refractivity contribution in [1.29, 1.82) is 0 Å². The molecule has 0 saturated heterocycles. The molecule has 8 heterocycles. The second-order valence-electron chi connectivity index (χ2n) is 17.9. The SMILES string of the molecule is [Pt+2].[Pt+2].[c-]1c(-n2c3[c-]c4c(cc3c3ccccc32)c2ccccc2n4-c2ccccn2)ccc2c3ccc(-n4c5[c-]c6c(cc5c5ccccc54)c4ccccc4n6-c4ccccn4)[c-]c3n(-c3ncncn3)c12. The molecule has 0 unspecified atom stereocenters. The molecule has 73 heavy (non-hydrogen) atoms. The van der Waals surface area contributed by atoms with Crippen LogP contribution in [0.3, 0.4) is 0 Å². The van der Waals surface area contributed by atoms with Crippen LogP contribution in [0.25, 0.3) is 138 Å². The molecule has 0 amide bonds. The number of pyridine rings is 2. The second-order valence-corrected chi connectivity index (χ2v) is 17.9. The van der Waals surface area contributed by atoms with Crippen molar-refractivity contribution in [2.24, 2.45) is 0 Å². The van der Waals surface area contributed by atoms with E-state index in [0.29, 0.717) is 5.95 Å². The van der Waals surface area contributed by atoms with Crippen LogP contribution < -0.4 is 0 Å². The molecule has 0 N–H and O–H groups in total. The molecule has 8 aromatic heterocycles. The third-order valence-electron chi connectivity index (χ3n) is 14.2. The Morgan fingerprint density at radius 2 is 0.644 bits per heavy atom. The summed E-state index contributed by atoms with van der Waals surface area (Å²) in [5.41, 5.74) is 11.3. The van der Waals surface area contributed by atoms with Crippen LogP contribution in [-0.4, -0.2) is 47.8 Å². The molecule has 16 rings (SSSR count). The summed E-state index contributed by atoms with van der Waals surface area (Å²) in [5, 5.41) is 11.0. The van der Waals surface area contributed by atoms with Crippen LogP contribution in [0, 0.1) is 24.3 Å². The Bertz CT molecular complexity index is 4590. The normalized spacial score (nSPS) is 11.9. The van der Waals surface area contributed by atoms with Gasteiger partial charge in [0.1, 0.15) is 24.3 Å². The number of hydrogen-bond acceptors (Lipinski definition) is 5. The molecule has 0 fully saturated rings. The monoisotopic (exact) mass is 1290 g/mol. The Morgan fingerprint density at radius 1 is 0.288 bits per heavy atom. The van der Waals surface area contributed by atoms with E-state index >= 15 is 0 Å². The molecule has 0 aliphatic heterocycles. The minimum Gasteiger partial charge on any atom is -0.358 e. The molecule has 16 aromatic rings. The van der Waals surface area contributed by atoms with Crippen LogP contribution in [0.2, 0.25) is 0 Å². The van der Waals surface area contributed by atoms with Gasteiger partial charge in [0.2, 0.25) is 5.95 Å². The fourth-order valence-electron chi connectivity index (χ4n) is 11.2. The van der Waals surface area contributed by atoms with Gasteiger partial charge in [-0.25, -0.2) is 24.9 Å². The maximum absolute atomic E-state index is 4.81. The molecular weight excluding hydrogens is 1260 g/mol. The average molecular weight is 1300 g/mol. The summed E-state index contributed by atoms with van der Waals surface area (Å²) in [6, 6.07) is 75.1. The zero-order valence-corrected chi connectivity index (χ0v) is 42.6. The molecule has 346 valence electrons. The summed E-state index contributed by atoms with van der Waals surface area (Å²) < 4.78 is 11.0. The molecule has 0 saturated carbocycles. The number of benzene rings is 8. The van der Waals surface area contributed by atoms with Crippen molar-refractivity contribution in [3.63, 3.8) is 0 Å². The summed E-state index contributed by atoms with van der Waals surface area (Å²) in [6.45, 7) is 0. The predicted molar refractivity (Wildman–Crippen MR) is 282 cm³/mol. The fraction of sp³-hybridized carbons (Fsp3) is 0. The number of para-hydroxylation sites is 4. The van der Waals surface area contributed by atoms with Gasteiger partial charge in [-0.2, -0.15) is 35.0 Å². The number of hydrogen-bond donors (Lipinski definition) is 0.